The molecule has 0 radical (unpaired) electrons. The average molecular weight is 421 g/mol. The summed E-state index contributed by atoms with van der Waals surface area (Å²) in [5, 5.41) is 2.90. The third-order valence-corrected chi connectivity index (χ3v) is 7.16. The van der Waals surface area contributed by atoms with Gasteiger partial charge in [-0.25, -0.2) is 8.42 Å². The zero-order valence-corrected chi connectivity index (χ0v) is 17.4. The van der Waals surface area contributed by atoms with Gasteiger partial charge >= 0.3 is 0 Å². The number of carbonyl (C=O) groups is 1. The van der Waals surface area contributed by atoms with Gasteiger partial charge in [0.2, 0.25) is 15.9 Å². The van der Waals surface area contributed by atoms with Crippen LogP contribution in [0.3, 0.4) is 0 Å². The number of hydrogen-bond acceptors (Lipinski definition) is 5. The first-order valence-corrected chi connectivity index (χ1v) is 11.8. The second kappa shape index (κ2) is 9.56. The molecule has 6 nitrogen and oxygen atoms in total. The van der Waals surface area contributed by atoms with Gasteiger partial charge in [0.1, 0.15) is 0 Å². The molecule has 8 heteroatoms. The minimum Gasteiger partial charge on any atom is -0.379 e. The molecule has 0 aliphatic carbocycles. The summed E-state index contributed by atoms with van der Waals surface area (Å²) >= 11 is 1.62. The van der Waals surface area contributed by atoms with Gasteiger partial charge in [0.25, 0.3) is 0 Å². The fraction of sp³-hybridized carbons (Fsp3) is 0.350. The number of carbonyl (C=O) groups excluding carboxylic acids is 1. The summed E-state index contributed by atoms with van der Waals surface area (Å²) in [6.07, 6.45) is 2.87. The van der Waals surface area contributed by atoms with Crippen molar-refractivity contribution in [1.82, 2.24) is 4.31 Å². The maximum absolute atomic E-state index is 12.6. The Morgan fingerprint density at radius 1 is 1.14 bits per heavy atom. The van der Waals surface area contributed by atoms with E-state index in [2.05, 4.69) is 5.32 Å². The van der Waals surface area contributed by atoms with Crippen LogP contribution in [0.5, 0.6) is 0 Å². The van der Waals surface area contributed by atoms with Crippen LogP contribution < -0.4 is 5.32 Å². The predicted molar refractivity (Wildman–Crippen MR) is 111 cm³/mol. The molecule has 0 saturated carbocycles. The third kappa shape index (κ3) is 5.35. The minimum atomic E-state index is -3.49. The minimum absolute atomic E-state index is 0.0664. The molecule has 1 N–H and O–H groups in total. The molecule has 0 bridgehead atoms. The Morgan fingerprint density at radius 2 is 1.86 bits per heavy atom. The molecule has 1 aliphatic heterocycles. The van der Waals surface area contributed by atoms with Crippen LogP contribution in [0.2, 0.25) is 0 Å². The molecule has 2 aromatic carbocycles. The van der Waals surface area contributed by atoms with Gasteiger partial charge in [-0.3, -0.25) is 4.79 Å². The molecule has 1 saturated heterocycles. The van der Waals surface area contributed by atoms with E-state index in [0.717, 1.165) is 16.1 Å². The molecule has 3 rings (SSSR count). The number of nitrogens with one attached hydrogen (secondary N) is 1. The number of sulfonamides is 1. The standard InChI is InChI=1S/C20H24N2O4S2/c1-27-18-4-2-3-17(15-18)21-20(23)10-7-16-5-8-19(9-6-16)28(24,25)22-11-13-26-14-12-22/h2-6,8-9,15H,7,10-14H2,1H3,(H,21,23). The van der Waals surface area contributed by atoms with E-state index in [1.807, 2.05) is 30.5 Å². The van der Waals surface area contributed by atoms with Crippen LogP contribution >= 0.6 is 11.8 Å². The van der Waals surface area contributed by atoms with Crippen molar-refractivity contribution in [2.24, 2.45) is 0 Å². The van der Waals surface area contributed by atoms with Crippen LogP contribution in [0.15, 0.2) is 58.3 Å². The van der Waals surface area contributed by atoms with Gasteiger partial charge in [0, 0.05) is 30.1 Å². The van der Waals surface area contributed by atoms with E-state index in [4.69, 9.17) is 4.74 Å². The molecule has 2 aromatic rings. The van der Waals surface area contributed by atoms with Gasteiger partial charge in [0.05, 0.1) is 18.1 Å². The quantitative estimate of drug-likeness (QED) is 0.697. The molecule has 0 atom stereocenters. The fourth-order valence-corrected chi connectivity index (χ4v) is 4.81. The molecular formula is C20H24N2O4S2. The fourth-order valence-electron chi connectivity index (χ4n) is 2.95. The van der Waals surface area contributed by atoms with Crippen molar-refractivity contribution in [3.63, 3.8) is 0 Å². The SMILES string of the molecule is CSc1cccc(NC(=O)CCc2ccc(S(=O)(=O)N3CCOCC3)cc2)c1. The number of anilines is 1. The molecule has 0 spiro atoms. The number of aryl methyl sites for hydroxylation is 1. The first kappa shape index (κ1) is 20.9. The highest BCUT2D eigenvalue weighted by atomic mass is 32.2. The Bertz CT molecular complexity index is 908. The second-order valence-corrected chi connectivity index (χ2v) is 9.26. The Labute approximate surface area is 170 Å². The first-order valence-electron chi connectivity index (χ1n) is 9.10. The summed E-state index contributed by atoms with van der Waals surface area (Å²) in [7, 11) is -3.49. The Kier molecular flexibility index (Phi) is 7.12. The summed E-state index contributed by atoms with van der Waals surface area (Å²) < 4.78 is 31.9. The molecule has 1 heterocycles. The maximum Gasteiger partial charge on any atom is 0.243 e. The van der Waals surface area contributed by atoms with Crippen molar-refractivity contribution < 1.29 is 17.9 Å². The van der Waals surface area contributed by atoms with Crippen LogP contribution in [0.4, 0.5) is 5.69 Å². The van der Waals surface area contributed by atoms with Gasteiger partial charge in [-0.2, -0.15) is 4.31 Å². The monoisotopic (exact) mass is 420 g/mol. The lowest BCUT2D eigenvalue weighted by Gasteiger charge is -2.26. The van der Waals surface area contributed by atoms with Crippen molar-refractivity contribution in [2.75, 3.05) is 37.9 Å². The van der Waals surface area contributed by atoms with Gasteiger partial charge in [-0.15, -0.1) is 11.8 Å². The lowest BCUT2D eigenvalue weighted by atomic mass is 10.1. The normalized spacial score (nSPS) is 15.3. The van der Waals surface area contributed by atoms with Crippen molar-refractivity contribution in [3.8, 4) is 0 Å². The highest BCUT2D eigenvalue weighted by Crippen LogP contribution is 2.20. The van der Waals surface area contributed by atoms with Crippen molar-refractivity contribution in [1.29, 1.82) is 0 Å². The van der Waals surface area contributed by atoms with E-state index < -0.39 is 10.0 Å². The Hall–Kier alpha value is -1.87. The zero-order valence-electron chi connectivity index (χ0n) is 15.8. The topological polar surface area (TPSA) is 75.7 Å². The number of hydrogen-bond donors (Lipinski definition) is 1. The molecule has 0 aromatic heterocycles. The van der Waals surface area contributed by atoms with Crippen LogP contribution in [0.1, 0.15) is 12.0 Å². The van der Waals surface area contributed by atoms with Crippen LogP contribution in [0.25, 0.3) is 0 Å². The van der Waals surface area contributed by atoms with Gasteiger partial charge < -0.3 is 10.1 Å². The van der Waals surface area contributed by atoms with Crippen molar-refractivity contribution in [2.45, 2.75) is 22.6 Å². The molecule has 150 valence electrons. The Morgan fingerprint density at radius 3 is 2.54 bits per heavy atom. The highest BCUT2D eigenvalue weighted by Gasteiger charge is 2.26. The molecular weight excluding hydrogens is 396 g/mol. The maximum atomic E-state index is 12.6. The van der Waals surface area contributed by atoms with E-state index in [1.54, 1.807) is 36.0 Å². The molecule has 1 fully saturated rings. The lowest BCUT2D eigenvalue weighted by Crippen LogP contribution is -2.40. The van der Waals surface area contributed by atoms with E-state index >= 15 is 0 Å². The summed E-state index contributed by atoms with van der Waals surface area (Å²) in [6, 6.07) is 14.5. The van der Waals surface area contributed by atoms with Gasteiger partial charge in [-0.1, -0.05) is 18.2 Å². The van der Waals surface area contributed by atoms with Gasteiger partial charge in [-0.05, 0) is 48.6 Å². The number of rotatable bonds is 7. The first-order chi connectivity index (χ1) is 13.5. The molecule has 1 amide bonds. The van der Waals surface area contributed by atoms with Crippen molar-refractivity contribution >= 4 is 33.4 Å². The lowest BCUT2D eigenvalue weighted by molar-refractivity contribution is -0.116. The van der Waals surface area contributed by atoms with Crippen LogP contribution in [-0.2, 0) is 26.0 Å². The average Bonchev–Trinajstić information content (AvgIpc) is 2.73. The van der Waals surface area contributed by atoms with E-state index in [1.165, 1.54) is 4.31 Å². The van der Waals surface area contributed by atoms with Crippen LogP contribution in [0, 0.1) is 0 Å². The van der Waals surface area contributed by atoms with Crippen molar-refractivity contribution in [3.05, 3.63) is 54.1 Å². The Balaban J connectivity index is 1.56. The highest BCUT2D eigenvalue weighted by molar-refractivity contribution is 7.98. The zero-order chi connectivity index (χ0) is 20.0. The number of ether oxygens (including phenoxy) is 1. The number of benzene rings is 2. The number of amides is 1. The van der Waals surface area contributed by atoms with E-state index in [0.29, 0.717) is 39.1 Å². The molecule has 1 aliphatic rings. The summed E-state index contributed by atoms with van der Waals surface area (Å²) in [6.45, 7) is 1.60. The second-order valence-electron chi connectivity index (χ2n) is 6.44. The van der Waals surface area contributed by atoms with E-state index in [-0.39, 0.29) is 10.8 Å². The number of thioether (sulfide) groups is 1. The van der Waals surface area contributed by atoms with Gasteiger partial charge in [0.15, 0.2) is 0 Å². The number of morpholine rings is 1. The molecule has 0 unspecified atom stereocenters. The summed E-state index contributed by atoms with van der Waals surface area (Å²) in [5.41, 5.74) is 1.71. The van der Waals surface area contributed by atoms with Crippen LogP contribution in [-0.4, -0.2) is 51.2 Å². The summed E-state index contributed by atoms with van der Waals surface area (Å²) in [5.74, 6) is -0.0664. The molecule has 28 heavy (non-hydrogen) atoms. The van der Waals surface area contributed by atoms with E-state index in [9.17, 15) is 13.2 Å². The number of nitrogens with zero attached hydrogens (tertiary/aromatic N) is 1. The summed E-state index contributed by atoms with van der Waals surface area (Å²) in [4.78, 5) is 13.6. The third-order valence-electron chi connectivity index (χ3n) is 4.53. The smallest absolute Gasteiger partial charge is 0.243 e. The predicted octanol–water partition coefficient (Wildman–Crippen LogP) is 3.00. The largest absolute Gasteiger partial charge is 0.379 e.